The van der Waals surface area contributed by atoms with Crippen LogP contribution in [0.2, 0.25) is 5.02 Å². The second-order valence-electron chi connectivity index (χ2n) is 6.59. The Bertz CT molecular complexity index is 1020. The van der Waals surface area contributed by atoms with E-state index >= 15 is 0 Å². The summed E-state index contributed by atoms with van der Waals surface area (Å²) < 4.78 is 7.36. The van der Waals surface area contributed by atoms with Crippen LogP contribution in [0.5, 0.6) is 5.75 Å². The van der Waals surface area contributed by atoms with E-state index in [0.717, 1.165) is 39.0 Å². The highest BCUT2D eigenvalue weighted by Crippen LogP contribution is 2.48. The van der Waals surface area contributed by atoms with Crippen molar-refractivity contribution in [2.24, 2.45) is 5.10 Å². The number of nitrogens with zero attached hydrogens (tertiary/aromatic N) is 3. The maximum atomic E-state index is 6.30. The quantitative estimate of drug-likeness (QED) is 0.510. The molecule has 27 heavy (non-hydrogen) atoms. The maximum absolute atomic E-state index is 6.30. The lowest BCUT2D eigenvalue weighted by molar-refractivity contribution is -0.0192. The minimum Gasteiger partial charge on any atom is -0.464 e. The Morgan fingerprint density at radius 2 is 1.96 bits per heavy atom. The Hall–Kier alpha value is -2.37. The molecule has 2 aliphatic heterocycles. The van der Waals surface area contributed by atoms with Crippen LogP contribution in [-0.2, 0) is 0 Å². The Kier molecular flexibility index (Phi) is 4.14. The van der Waals surface area contributed by atoms with Gasteiger partial charge in [-0.25, -0.2) is 5.01 Å². The number of pyridine rings is 1. The summed E-state index contributed by atoms with van der Waals surface area (Å²) in [6, 6.07) is 18.0. The van der Waals surface area contributed by atoms with Gasteiger partial charge in [-0.2, -0.15) is 5.10 Å². The van der Waals surface area contributed by atoms with Crippen molar-refractivity contribution in [2.45, 2.75) is 18.7 Å². The molecule has 0 radical (unpaired) electrons. The molecule has 2 aromatic carbocycles. The molecule has 0 saturated carbocycles. The van der Waals surface area contributed by atoms with Crippen LogP contribution in [0.3, 0.4) is 0 Å². The molecule has 0 amide bonds. The van der Waals surface area contributed by atoms with Gasteiger partial charge in [0.05, 0.1) is 11.8 Å². The highest BCUT2D eigenvalue weighted by molar-refractivity contribution is 9.10. The van der Waals surface area contributed by atoms with E-state index in [1.165, 1.54) is 0 Å². The summed E-state index contributed by atoms with van der Waals surface area (Å²) in [5.74, 6) is 0.849. The first-order chi connectivity index (χ1) is 13.2. The number of halogens is 2. The molecule has 0 N–H and O–H groups in total. The first-order valence-corrected chi connectivity index (χ1v) is 9.84. The number of hydrogen-bond acceptors (Lipinski definition) is 4. The molecule has 0 aliphatic carbocycles. The number of ether oxygens (including phenoxy) is 1. The topological polar surface area (TPSA) is 37.7 Å². The third-order valence-electron chi connectivity index (χ3n) is 4.90. The molecule has 2 aliphatic rings. The minimum atomic E-state index is -0.315. The van der Waals surface area contributed by atoms with Crippen molar-refractivity contribution in [1.29, 1.82) is 0 Å². The van der Waals surface area contributed by atoms with Crippen LogP contribution in [0.1, 0.15) is 35.4 Å². The maximum Gasteiger partial charge on any atom is 0.215 e. The highest BCUT2D eigenvalue weighted by Gasteiger charge is 2.41. The molecule has 0 saturated heterocycles. The minimum absolute atomic E-state index is 0.0799. The summed E-state index contributed by atoms with van der Waals surface area (Å²) >= 11 is 9.76. The van der Waals surface area contributed by atoms with Crippen LogP contribution in [0.25, 0.3) is 0 Å². The van der Waals surface area contributed by atoms with Gasteiger partial charge in [0.1, 0.15) is 5.75 Å². The van der Waals surface area contributed by atoms with Gasteiger partial charge in [0.25, 0.3) is 0 Å². The van der Waals surface area contributed by atoms with E-state index < -0.39 is 0 Å². The second-order valence-corrected chi connectivity index (χ2v) is 7.94. The number of hydrazone groups is 1. The molecule has 1 aromatic heterocycles. The number of aromatic nitrogens is 1. The van der Waals surface area contributed by atoms with E-state index in [2.05, 4.69) is 33.0 Å². The first-order valence-electron chi connectivity index (χ1n) is 8.67. The molecule has 134 valence electrons. The predicted molar refractivity (Wildman–Crippen MR) is 109 cm³/mol. The van der Waals surface area contributed by atoms with Gasteiger partial charge < -0.3 is 4.74 Å². The molecule has 2 unspecified atom stereocenters. The molecule has 4 nitrogen and oxygen atoms in total. The standard InChI is InChI=1S/C21H15BrClN3O/c22-15-5-3-13(4-6-15)18-11-19-17-10-16(23)7-8-20(17)27-21(26(19)25-18)14-2-1-9-24-12-14/h1-10,12,19,21H,11H2. The van der Waals surface area contributed by atoms with Gasteiger partial charge in [-0.15, -0.1) is 0 Å². The van der Waals surface area contributed by atoms with Gasteiger partial charge in [-0.05, 0) is 42.0 Å². The van der Waals surface area contributed by atoms with Crippen LogP contribution in [0.15, 0.2) is 76.6 Å². The zero-order chi connectivity index (χ0) is 18.4. The predicted octanol–water partition coefficient (Wildman–Crippen LogP) is 5.74. The molecule has 0 spiro atoms. The van der Waals surface area contributed by atoms with Gasteiger partial charge in [0, 0.05) is 39.4 Å². The molecular weight excluding hydrogens is 426 g/mol. The van der Waals surface area contributed by atoms with Gasteiger partial charge in [-0.1, -0.05) is 45.7 Å². The van der Waals surface area contributed by atoms with E-state index in [9.17, 15) is 0 Å². The van der Waals surface area contributed by atoms with Crippen molar-refractivity contribution < 1.29 is 4.74 Å². The van der Waals surface area contributed by atoms with E-state index in [-0.39, 0.29) is 12.3 Å². The number of rotatable bonds is 2. The van der Waals surface area contributed by atoms with Crippen LogP contribution in [0, 0.1) is 0 Å². The zero-order valence-corrected chi connectivity index (χ0v) is 16.6. The number of benzene rings is 2. The lowest BCUT2D eigenvalue weighted by Gasteiger charge is -2.38. The summed E-state index contributed by atoms with van der Waals surface area (Å²) in [4.78, 5) is 4.25. The average Bonchev–Trinajstić information content (AvgIpc) is 3.14. The summed E-state index contributed by atoms with van der Waals surface area (Å²) in [6.45, 7) is 0. The molecule has 3 aromatic rings. The summed E-state index contributed by atoms with van der Waals surface area (Å²) in [5, 5.41) is 7.67. The third kappa shape index (κ3) is 3.01. The van der Waals surface area contributed by atoms with Crippen molar-refractivity contribution in [3.05, 3.63) is 93.2 Å². The van der Waals surface area contributed by atoms with Crippen molar-refractivity contribution in [3.8, 4) is 5.75 Å². The highest BCUT2D eigenvalue weighted by atomic mass is 79.9. The van der Waals surface area contributed by atoms with E-state index in [1.807, 2.05) is 53.7 Å². The molecule has 2 atom stereocenters. The molecule has 0 fully saturated rings. The molecule has 6 heteroatoms. The van der Waals surface area contributed by atoms with Crippen molar-refractivity contribution >= 4 is 33.2 Å². The van der Waals surface area contributed by atoms with Crippen LogP contribution in [0.4, 0.5) is 0 Å². The summed E-state index contributed by atoms with van der Waals surface area (Å²) in [5.41, 5.74) is 4.20. The fourth-order valence-corrected chi connectivity index (χ4v) is 4.06. The zero-order valence-electron chi connectivity index (χ0n) is 14.2. The Morgan fingerprint density at radius 1 is 1.11 bits per heavy atom. The second kappa shape index (κ2) is 6.66. The Labute approximate surface area is 170 Å². The Balaban J connectivity index is 1.60. The van der Waals surface area contributed by atoms with Gasteiger partial charge in [0.2, 0.25) is 6.23 Å². The van der Waals surface area contributed by atoms with E-state index in [0.29, 0.717) is 5.02 Å². The third-order valence-corrected chi connectivity index (χ3v) is 5.66. The van der Waals surface area contributed by atoms with Gasteiger partial charge in [-0.3, -0.25) is 4.98 Å². The smallest absolute Gasteiger partial charge is 0.215 e. The monoisotopic (exact) mass is 439 g/mol. The fraction of sp³-hybridized carbons (Fsp3) is 0.143. The SMILES string of the molecule is Clc1ccc2c(c1)C1CC(c3ccc(Br)cc3)=NN1C(c1cccnc1)O2. The molecular formula is C21H15BrClN3O. The Morgan fingerprint density at radius 3 is 2.74 bits per heavy atom. The van der Waals surface area contributed by atoms with Crippen LogP contribution < -0.4 is 4.74 Å². The van der Waals surface area contributed by atoms with Crippen molar-refractivity contribution in [3.63, 3.8) is 0 Å². The molecule has 3 heterocycles. The van der Waals surface area contributed by atoms with E-state index in [1.54, 1.807) is 6.20 Å². The fourth-order valence-electron chi connectivity index (χ4n) is 3.62. The van der Waals surface area contributed by atoms with Crippen LogP contribution >= 0.6 is 27.5 Å². The normalized spacial score (nSPS) is 20.5. The first kappa shape index (κ1) is 16.8. The van der Waals surface area contributed by atoms with Gasteiger partial charge in [0.15, 0.2) is 0 Å². The summed E-state index contributed by atoms with van der Waals surface area (Å²) in [7, 11) is 0. The molecule has 5 rings (SSSR count). The molecule has 0 bridgehead atoms. The average molecular weight is 441 g/mol. The largest absolute Gasteiger partial charge is 0.464 e. The van der Waals surface area contributed by atoms with Crippen LogP contribution in [-0.4, -0.2) is 15.7 Å². The summed E-state index contributed by atoms with van der Waals surface area (Å²) in [6.07, 6.45) is 4.08. The van der Waals surface area contributed by atoms with Gasteiger partial charge >= 0.3 is 0 Å². The van der Waals surface area contributed by atoms with E-state index in [4.69, 9.17) is 21.4 Å². The van der Waals surface area contributed by atoms with Crippen molar-refractivity contribution in [2.75, 3.05) is 0 Å². The lowest BCUT2D eigenvalue weighted by atomic mass is 9.96. The number of hydrogen-bond donors (Lipinski definition) is 0. The number of fused-ring (bicyclic) bond motifs is 3. The van der Waals surface area contributed by atoms with Crippen molar-refractivity contribution in [1.82, 2.24) is 9.99 Å². The lowest BCUT2D eigenvalue weighted by Crippen LogP contribution is -2.33.